The van der Waals surface area contributed by atoms with Crippen molar-refractivity contribution in [3.05, 3.63) is 70.0 Å². The monoisotopic (exact) mass is 334 g/mol. The molecule has 8 heteroatoms. The first-order valence-electron chi connectivity index (χ1n) is 7.56. The van der Waals surface area contributed by atoms with Gasteiger partial charge in [0.15, 0.2) is 5.82 Å². The van der Waals surface area contributed by atoms with Crippen LogP contribution in [0.1, 0.15) is 11.4 Å². The van der Waals surface area contributed by atoms with Crippen molar-refractivity contribution in [2.24, 2.45) is 0 Å². The van der Waals surface area contributed by atoms with E-state index in [9.17, 15) is 10.1 Å². The van der Waals surface area contributed by atoms with Gasteiger partial charge in [-0.15, -0.1) is 0 Å². The molecule has 0 saturated heterocycles. The number of aromatic amines is 1. The zero-order chi connectivity index (χ0) is 17.6. The van der Waals surface area contributed by atoms with Crippen molar-refractivity contribution in [3.63, 3.8) is 0 Å². The van der Waals surface area contributed by atoms with Gasteiger partial charge in [-0.1, -0.05) is 30.3 Å². The molecule has 0 aliphatic carbocycles. The summed E-state index contributed by atoms with van der Waals surface area (Å²) in [4.78, 5) is 15.0. The number of nitro benzene ring substituents is 1. The molecule has 0 aliphatic heterocycles. The van der Waals surface area contributed by atoms with E-state index in [1.165, 1.54) is 18.2 Å². The number of nitrogens with zero attached hydrogens (tertiary/aromatic N) is 4. The number of benzene rings is 2. The normalized spacial score (nSPS) is 10.2. The topological polar surface area (TPSA) is 121 Å². The van der Waals surface area contributed by atoms with Gasteiger partial charge in [0.05, 0.1) is 16.6 Å². The minimum Gasteiger partial charge on any atom is -0.379 e. The van der Waals surface area contributed by atoms with Gasteiger partial charge < -0.3 is 5.32 Å². The molecular formula is C17H14N6O2. The van der Waals surface area contributed by atoms with E-state index in [2.05, 4.69) is 20.5 Å². The van der Waals surface area contributed by atoms with Crippen molar-refractivity contribution in [1.82, 2.24) is 15.2 Å². The molecule has 0 saturated carbocycles. The zero-order valence-corrected chi connectivity index (χ0v) is 13.1. The Hall–Kier alpha value is -3.73. The van der Waals surface area contributed by atoms with Crippen LogP contribution in [-0.2, 0) is 6.42 Å². The third-order valence-electron chi connectivity index (χ3n) is 3.56. The number of nitrogens with one attached hydrogen (secondary N) is 2. The highest BCUT2D eigenvalue weighted by Gasteiger charge is 2.14. The number of rotatable bonds is 6. The molecule has 2 aromatic carbocycles. The van der Waals surface area contributed by atoms with Gasteiger partial charge in [0.25, 0.3) is 5.69 Å². The first kappa shape index (κ1) is 16.1. The molecule has 3 aromatic rings. The second-order valence-electron chi connectivity index (χ2n) is 5.25. The smallest absolute Gasteiger partial charge is 0.293 e. The molecule has 1 heterocycles. The van der Waals surface area contributed by atoms with Crippen LogP contribution in [0.15, 0.2) is 48.5 Å². The van der Waals surface area contributed by atoms with Gasteiger partial charge in [0.1, 0.15) is 11.5 Å². The standard InChI is InChI=1S/C17H14N6O2/c18-11-12-6-7-14(15(10-12)23(24)25)19-9-8-16-20-17(22-21-16)13-4-2-1-3-5-13/h1-7,10,19H,8-9H2,(H,20,21,22). The highest BCUT2D eigenvalue weighted by atomic mass is 16.6. The largest absolute Gasteiger partial charge is 0.379 e. The number of aromatic nitrogens is 3. The Morgan fingerprint density at radius 2 is 2.04 bits per heavy atom. The number of hydrogen-bond donors (Lipinski definition) is 2. The number of anilines is 1. The minimum absolute atomic E-state index is 0.124. The second kappa shape index (κ2) is 7.23. The summed E-state index contributed by atoms with van der Waals surface area (Å²) in [7, 11) is 0. The lowest BCUT2D eigenvalue weighted by molar-refractivity contribution is -0.384. The van der Waals surface area contributed by atoms with Crippen LogP contribution in [0.5, 0.6) is 0 Å². The van der Waals surface area contributed by atoms with Crippen molar-refractivity contribution in [2.75, 3.05) is 11.9 Å². The van der Waals surface area contributed by atoms with E-state index in [-0.39, 0.29) is 11.3 Å². The molecule has 0 fully saturated rings. The van der Waals surface area contributed by atoms with E-state index in [1.807, 2.05) is 36.4 Å². The van der Waals surface area contributed by atoms with Crippen LogP contribution in [-0.4, -0.2) is 26.6 Å². The van der Waals surface area contributed by atoms with Crippen LogP contribution in [0.2, 0.25) is 0 Å². The average molecular weight is 334 g/mol. The van der Waals surface area contributed by atoms with Gasteiger partial charge >= 0.3 is 0 Å². The Bertz CT molecular complexity index is 930. The number of H-pyrrole nitrogens is 1. The first-order chi connectivity index (χ1) is 12.2. The van der Waals surface area contributed by atoms with E-state index >= 15 is 0 Å². The van der Waals surface area contributed by atoms with Crippen LogP contribution >= 0.6 is 0 Å². The van der Waals surface area contributed by atoms with Crippen molar-refractivity contribution in [3.8, 4) is 17.5 Å². The predicted octanol–water partition coefficient (Wildman–Crippen LogP) is 2.91. The van der Waals surface area contributed by atoms with Crippen LogP contribution in [0.4, 0.5) is 11.4 Å². The lowest BCUT2D eigenvalue weighted by atomic mass is 10.2. The molecule has 3 rings (SSSR count). The number of nitro groups is 1. The van der Waals surface area contributed by atoms with E-state index in [0.717, 1.165) is 5.56 Å². The van der Waals surface area contributed by atoms with Gasteiger partial charge in [-0.05, 0) is 12.1 Å². The van der Waals surface area contributed by atoms with E-state index < -0.39 is 4.92 Å². The van der Waals surface area contributed by atoms with Crippen LogP contribution in [0, 0.1) is 21.4 Å². The van der Waals surface area contributed by atoms with E-state index in [4.69, 9.17) is 5.26 Å². The molecule has 8 nitrogen and oxygen atoms in total. The molecular weight excluding hydrogens is 320 g/mol. The summed E-state index contributed by atoms with van der Waals surface area (Å²) in [6.07, 6.45) is 0.525. The summed E-state index contributed by atoms with van der Waals surface area (Å²) in [5.41, 5.74) is 1.41. The Morgan fingerprint density at radius 1 is 1.24 bits per heavy atom. The third kappa shape index (κ3) is 3.79. The van der Waals surface area contributed by atoms with E-state index in [0.29, 0.717) is 30.3 Å². The summed E-state index contributed by atoms with van der Waals surface area (Å²) >= 11 is 0. The predicted molar refractivity (Wildman–Crippen MR) is 91.8 cm³/mol. The Morgan fingerprint density at radius 3 is 2.76 bits per heavy atom. The average Bonchev–Trinajstić information content (AvgIpc) is 3.11. The quantitative estimate of drug-likeness (QED) is 0.528. The molecule has 0 unspecified atom stereocenters. The molecule has 25 heavy (non-hydrogen) atoms. The van der Waals surface area contributed by atoms with Crippen molar-refractivity contribution < 1.29 is 4.92 Å². The fourth-order valence-electron chi connectivity index (χ4n) is 2.34. The van der Waals surface area contributed by atoms with Gasteiger partial charge in [-0.2, -0.15) is 10.4 Å². The summed E-state index contributed by atoms with van der Waals surface area (Å²) in [6, 6.07) is 15.8. The third-order valence-corrected chi connectivity index (χ3v) is 3.56. The fraction of sp³-hybridized carbons (Fsp3) is 0.118. The number of hydrogen-bond acceptors (Lipinski definition) is 6. The number of nitriles is 1. The lowest BCUT2D eigenvalue weighted by Crippen LogP contribution is -2.08. The van der Waals surface area contributed by atoms with Crippen LogP contribution in [0.3, 0.4) is 0 Å². The Balaban J connectivity index is 1.65. The molecule has 2 N–H and O–H groups in total. The molecule has 0 radical (unpaired) electrons. The van der Waals surface area contributed by atoms with Crippen LogP contribution < -0.4 is 5.32 Å². The molecule has 124 valence electrons. The SMILES string of the molecule is N#Cc1ccc(NCCc2nc(-c3ccccc3)n[nH]2)c([N+](=O)[O-])c1. The van der Waals surface area contributed by atoms with Gasteiger partial charge in [0.2, 0.25) is 0 Å². The van der Waals surface area contributed by atoms with Gasteiger partial charge in [0, 0.05) is 24.6 Å². The van der Waals surface area contributed by atoms with E-state index in [1.54, 1.807) is 0 Å². The maximum Gasteiger partial charge on any atom is 0.293 e. The van der Waals surface area contributed by atoms with Crippen molar-refractivity contribution in [1.29, 1.82) is 5.26 Å². The Kier molecular flexibility index (Phi) is 4.67. The summed E-state index contributed by atoms with van der Waals surface area (Å²) in [5, 5.41) is 30.0. The minimum atomic E-state index is -0.509. The second-order valence-corrected chi connectivity index (χ2v) is 5.25. The molecule has 1 aromatic heterocycles. The maximum absolute atomic E-state index is 11.1. The summed E-state index contributed by atoms with van der Waals surface area (Å²) in [5.74, 6) is 1.29. The van der Waals surface area contributed by atoms with Crippen molar-refractivity contribution in [2.45, 2.75) is 6.42 Å². The molecule has 0 spiro atoms. The van der Waals surface area contributed by atoms with Gasteiger partial charge in [-0.3, -0.25) is 15.2 Å². The summed E-state index contributed by atoms with van der Waals surface area (Å²) in [6.45, 7) is 0.441. The van der Waals surface area contributed by atoms with Crippen molar-refractivity contribution >= 4 is 11.4 Å². The highest BCUT2D eigenvalue weighted by molar-refractivity contribution is 5.64. The molecule has 0 amide bonds. The van der Waals surface area contributed by atoms with Gasteiger partial charge in [-0.25, -0.2) is 4.98 Å². The summed E-state index contributed by atoms with van der Waals surface area (Å²) < 4.78 is 0. The molecule has 0 aliphatic rings. The maximum atomic E-state index is 11.1. The lowest BCUT2D eigenvalue weighted by Gasteiger charge is -2.06. The molecule has 0 bridgehead atoms. The Labute approximate surface area is 143 Å². The fourth-order valence-corrected chi connectivity index (χ4v) is 2.34. The molecule has 0 atom stereocenters. The zero-order valence-electron chi connectivity index (χ0n) is 13.1. The van der Waals surface area contributed by atoms with Crippen LogP contribution in [0.25, 0.3) is 11.4 Å². The first-order valence-corrected chi connectivity index (χ1v) is 7.56. The highest BCUT2D eigenvalue weighted by Crippen LogP contribution is 2.25.